The first-order valence-electron chi connectivity index (χ1n) is 10.9. The Kier molecular flexibility index (Phi) is 8.70. The van der Waals surface area contributed by atoms with E-state index in [1.165, 1.54) is 12.3 Å². The summed E-state index contributed by atoms with van der Waals surface area (Å²) in [6.45, 7) is -0.934. The molecule has 2 amide bonds. The van der Waals surface area contributed by atoms with Crippen LogP contribution in [0.15, 0.2) is 63.7 Å². The number of hydrogen-bond donors (Lipinski definition) is 6. The zero-order valence-electron chi connectivity index (χ0n) is 19.4. The Bertz CT molecular complexity index is 1150. The van der Waals surface area contributed by atoms with E-state index in [1.54, 1.807) is 43.5 Å². The predicted molar refractivity (Wildman–Crippen MR) is 128 cm³/mol. The Hall–Kier alpha value is -3.43. The highest BCUT2D eigenvalue weighted by Crippen LogP contribution is 2.33. The highest BCUT2D eigenvalue weighted by atomic mass is 32.2. The van der Waals surface area contributed by atoms with Crippen molar-refractivity contribution in [1.82, 2.24) is 14.9 Å². The first-order valence-corrected chi connectivity index (χ1v) is 11.7. The smallest absolute Gasteiger partial charge is 0.306 e. The lowest BCUT2D eigenvalue weighted by atomic mass is 10.0. The number of allylic oxidation sites excluding steroid dienone is 4. The molecule has 1 aliphatic heterocycles. The molecule has 0 saturated carbocycles. The molecule has 13 nitrogen and oxygen atoms in total. The molecular formula is C22H27N6O7S+. The number of carbonyl (C=O) groups excluding carboxylic acids is 3. The third-order valence-electron chi connectivity index (χ3n) is 5.24. The van der Waals surface area contributed by atoms with Gasteiger partial charge in [-0.1, -0.05) is 12.2 Å². The second kappa shape index (κ2) is 11.5. The summed E-state index contributed by atoms with van der Waals surface area (Å²) >= 11 is 0.683. The monoisotopic (exact) mass is 519 g/mol. The van der Waals surface area contributed by atoms with Gasteiger partial charge >= 0.3 is 10.9 Å². The Morgan fingerprint density at radius 1 is 1.17 bits per heavy atom. The summed E-state index contributed by atoms with van der Waals surface area (Å²) in [5.41, 5.74) is -1.50. The van der Waals surface area contributed by atoms with E-state index in [1.807, 2.05) is 0 Å². The van der Waals surface area contributed by atoms with Gasteiger partial charge in [-0.3, -0.25) is 29.6 Å². The molecule has 1 aromatic rings. The van der Waals surface area contributed by atoms with Gasteiger partial charge in [0.2, 0.25) is 23.7 Å². The Labute approximate surface area is 210 Å². The molecule has 1 atom stereocenters. The van der Waals surface area contributed by atoms with E-state index in [-0.39, 0.29) is 31.0 Å². The molecule has 14 heteroatoms. The van der Waals surface area contributed by atoms with Crippen molar-refractivity contribution in [2.45, 2.75) is 29.5 Å². The van der Waals surface area contributed by atoms with Gasteiger partial charge in [-0.2, -0.15) is 4.31 Å². The third kappa shape index (κ3) is 6.41. The molecule has 3 rings (SSSR count). The van der Waals surface area contributed by atoms with Crippen LogP contribution < -0.4 is 15.4 Å². The number of carbonyl (C=O) groups is 3. The summed E-state index contributed by atoms with van der Waals surface area (Å²) in [7, 11) is 1.59. The zero-order chi connectivity index (χ0) is 26.3. The lowest BCUT2D eigenvalue weighted by Crippen LogP contribution is -2.65. The molecule has 1 fully saturated rings. The second-order valence-corrected chi connectivity index (χ2v) is 8.90. The summed E-state index contributed by atoms with van der Waals surface area (Å²) in [4.78, 5) is 45.5. The maximum absolute atomic E-state index is 12.9. The van der Waals surface area contributed by atoms with Crippen LogP contribution in [-0.4, -0.2) is 92.2 Å². The number of hydrogen-bond acceptors (Lipinski definition) is 11. The molecule has 0 bridgehead atoms. The largest absolute Gasteiger partial charge is 0.364 e. The summed E-state index contributed by atoms with van der Waals surface area (Å²) in [6.07, 6.45) is 8.03. The fourth-order valence-corrected chi connectivity index (χ4v) is 4.37. The van der Waals surface area contributed by atoms with Crippen LogP contribution >= 0.6 is 11.9 Å². The molecule has 1 aromatic heterocycles. The number of pyridine rings is 1. The maximum Gasteiger partial charge on any atom is 0.306 e. The van der Waals surface area contributed by atoms with Crippen LogP contribution in [0, 0.1) is 0 Å². The molecule has 6 N–H and O–H groups in total. The Balaban J connectivity index is 1.59. The predicted octanol–water partition coefficient (Wildman–Crippen LogP) is -1.92. The molecule has 1 aliphatic carbocycles. The topological polar surface area (TPSA) is 188 Å². The number of Topliss-reactive ketones (excluding diaryl/α,β-unsaturated/α-hetero) is 1. The number of ketones is 1. The maximum atomic E-state index is 12.9. The van der Waals surface area contributed by atoms with Crippen LogP contribution in [0.1, 0.15) is 12.8 Å². The second-order valence-electron chi connectivity index (χ2n) is 7.86. The van der Waals surface area contributed by atoms with E-state index in [4.69, 9.17) is 0 Å². The van der Waals surface area contributed by atoms with Crippen molar-refractivity contribution in [2.24, 2.45) is 9.98 Å². The lowest BCUT2D eigenvalue weighted by molar-refractivity contribution is -0.932. The SMILES string of the molecule is CN=C1C=CC=CC1=NCC(=O)NCC(=O)N[C@@]1(O)CCCN(Sc2cccc[n+]2O)C(O)(O)C1=O. The molecule has 192 valence electrons. The van der Waals surface area contributed by atoms with Gasteiger partial charge in [0.15, 0.2) is 0 Å². The average molecular weight is 520 g/mol. The van der Waals surface area contributed by atoms with Gasteiger partial charge < -0.3 is 26.0 Å². The number of aromatic nitrogens is 1. The van der Waals surface area contributed by atoms with Gasteiger partial charge in [0, 0.05) is 48.8 Å². The number of amides is 2. The van der Waals surface area contributed by atoms with Crippen LogP contribution in [-0.2, 0) is 14.4 Å². The average Bonchev–Trinajstić information content (AvgIpc) is 2.93. The summed E-state index contributed by atoms with van der Waals surface area (Å²) in [5, 5.41) is 46.3. The van der Waals surface area contributed by atoms with E-state index in [0.29, 0.717) is 23.4 Å². The third-order valence-corrected chi connectivity index (χ3v) is 6.41. The molecule has 0 unspecified atom stereocenters. The van der Waals surface area contributed by atoms with E-state index < -0.39 is 35.8 Å². The molecule has 2 aliphatic rings. The number of nitrogens with zero attached hydrogens (tertiary/aromatic N) is 4. The molecule has 0 aromatic carbocycles. The zero-order valence-corrected chi connectivity index (χ0v) is 20.2. The number of rotatable bonds is 7. The van der Waals surface area contributed by atoms with Crippen molar-refractivity contribution in [3.63, 3.8) is 0 Å². The van der Waals surface area contributed by atoms with Crippen molar-refractivity contribution in [3.05, 3.63) is 48.7 Å². The van der Waals surface area contributed by atoms with Crippen molar-refractivity contribution in [3.8, 4) is 0 Å². The quantitative estimate of drug-likeness (QED) is 0.0785. The number of aliphatic imine (C=N–C) groups is 2. The highest BCUT2D eigenvalue weighted by molar-refractivity contribution is 7.96. The number of nitrogens with one attached hydrogen (secondary N) is 2. The van der Waals surface area contributed by atoms with Gasteiger partial charge in [-0.05, 0) is 24.6 Å². The first kappa shape index (κ1) is 27.2. The van der Waals surface area contributed by atoms with Crippen LogP contribution in [0.2, 0.25) is 0 Å². The minimum atomic E-state index is -3.17. The van der Waals surface area contributed by atoms with Crippen molar-refractivity contribution >= 4 is 41.0 Å². The summed E-state index contributed by atoms with van der Waals surface area (Å²) < 4.78 is 1.61. The van der Waals surface area contributed by atoms with Crippen molar-refractivity contribution < 1.29 is 39.6 Å². The molecule has 36 heavy (non-hydrogen) atoms. The Morgan fingerprint density at radius 3 is 2.58 bits per heavy atom. The van der Waals surface area contributed by atoms with Crippen molar-refractivity contribution in [1.29, 1.82) is 0 Å². The lowest BCUT2D eigenvalue weighted by Gasteiger charge is -2.34. The van der Waals surface area contributed by atoms with Gasteiger partial charge in [-0.15, -0.1) is 0 Å². The first-order chi connectivity index (χ1) is 17.1. The fourth-order valence-electron chi connectivity index (χ4n) is 3.42. The fraction of sp³-hybridized carbons (Fsp3) is 0.364. The van der Waals surface area contributed by atoms with E-state index in [2.05, 4.69) is 20.6 Å². The van der Waals surface area contributed by atoms with Crippen molar-refractivity contribution in [2.75, 3.05) is 26.7 Å². The standard InChI is InChI=1S/C22H26N6O7S/c1-23-15-7-2-3-8-16(15)24-13-17(29)25-14-18(30)26-21(32)10-6-12-28(22(33,34)20(21)31)36-19-9-4-5-11-27(19)35/h2-5,7-9,11,32-34H,6,10,12-14H2,1H3,(H2-,25,26,29,30,35)/p+1/t21-/m1/s1. The highest BCUT2D eigenvalue weighted by Gasteiger charge is 2.55. The summed E-state index contributed by atoms with van der Waals surface area (Å²) in [5.74, 6) is -6.16. The van der Waals surface area contributed by atoms with Crippen LogP contribution in [0.4, 0.5) is 0 Å². The van der Waals surface area contributed by atoms with Gasteiger partial charge in [0.25, 0.3) is 5.78 Å². The van der Waals surface area contributed by atoms with Gasteiger partial charge in [-0.25, -0.2) is 0 Å². The number of aliphatic hydroxyl groups is 3. The molecule has 2 heterocycles. The normalized spacial score (nSPS) is 24.1. The molecule has 0 spiro atoms. The minimum Gasteiger partial charge on any atom is -0.364 e. The van der Waals surface area contributed by atoms with Crippen LogP contribution in [0.5, 0.6) is 0 Å². The van der Waals surface area contributed by atoms with E-state index in [9.17, 15) is 34.9 Å². The van der Waals surface area contributed by atoms with Gasteiger partial charge in [0.1, 0.15) is 6.54 Å². The van der Waals surface area contributed by atoms with Gasteiger partial charge in [0.05, 0.1) is 18.0 Å². The van der Waals surface area contributed by atoms with E-state index in [0.717, 1.165) is 9.04 Å². The Morgan fingerprint density at radius 2 is 1.89 bits per heavy atom. The summed E-state index contributed by atoms with van der Waals surface area (Å²) in [6, 6.07) is 4.62. The minimum absolute atomic E-state index is 0.0692. The molecule has 0 radical (unpaired) electrons. The van der Waals surface area contributed by atoms with Crippen LogP contribution in [0.3, 0.4) is 0 Å². The van der Waals surface area contributed by atoms with Crippen LogP contribution in [0.25, 0.3) is 0 Å². The van der Waals surface area contributed by atoms with E-state index >= 15 is 0 Å². The molecule has 1 saturated heterocycles. The molecular weight excluding hydrogens is 492 g/mol.